The van der Waals surface area contributed by atoms with Crippen molar-refractivity contribution in [2.24, 2.45) is 5.92 Å². The van der Waals surface area contributed by atoms with Crippen LogP contribution >= 0.6 is 11.3 Å². The molecule has 3 heterocycles. The molecule has 5 nitrogen and oxygen atoms in total. The third kappa shape index (κ3) is 3.17. The smallest absolute Gasteiger partial charge is 0.225 e. The molecule has 0 bridgehead atoms. The van der Waals surface area contributed by atoms with Gasteiger partial charge in [-0.05, 0) is 30.4 Å². The molecule has 1 saturated heterocycles. The van der Waals surface area contributed by atoms with Crippen LogP contribution in [-0.2, 0) is 22.6 Å². The van der Waals surface area contributed by atoms with Crippen LogP contribution in [0.5, 0.6) is 0 Å². The maximum absolute atomic E-state index is 12.2. The van der Waals surface area contributed by atoms with Crippen molar-refractivity contribution in [2.45, 2.75) is 32.4 Å². The molecule has 0 unspecified atom stereocenters. The van der Waals surface area contributed by atoms with E-state index >= 15 is 0 Å². The van der Waals surface area contributed by atoms with Crippen molar-refractivity contribution in [3.8, 4) is 0 Å². The van der Waals surface area contributed by atoms with E-state index in [0.717, 1.165) is 19.5 Å². The number of hydrogen-bond donors (Lipinski definition) is 1. The van der Waals surface area contributed by atoms with Crippen molar-refractivity contribution in [3.63, 3.8) is 0 Å². The second-order valence-corrected chi connectivity index (χ2v) is 7.36. The molecule has 3 rings (SSSR count). The Morgan fingerprint density at radius 2 is 2.36 bits per heavy atom. The van der Waals surface area contributed by atoms with Gasteiger partial charge in [-0.3, -0.25) is 14.5 Å². The molecule has 1 N–H and O–H groups in total. The van der Waals surface area contributed by atoms with Crippen LogP contribution < -0.4 is 5.32 Å². The van der Waals surface area contributed by atoms with Crippen LogP contribution in [-0.4, -0.2) is 54.3 Å². The highest BCUT2D eigenvalue weighted by Gasteiger charge is 2.32. The van der Waals surface area contributed by atoms with E-state index in [4.69, 9.17) is 0 Å². The number of amides is 2. The maximum Gasteiger partial charge on any atom is 0.225 e. The summed E-state index contributed by atoms with van der Waals surface area (Å²) < 4.78 is 0. The molecular formula is C16H23N3O2S. The highest BCUT2D eigenvalue weighted by molar-refractivity contribution is 7.10. The van der Waals surface area contributed by atoms with Crippen LogP contribution in [0.1, 0.15) is 23.8 Å². The first-order chi connectivity index (χ1) is 10.5. The Labute approximate surface area is 135 Å². The number of rotatable bonds is 4. The van der Waals surface area contributed by atoms with Crippen molar-refractivity contribution in [1.29, 1.82) is 0 Å². The molecule has 2 amide bonds. The van der Waals surface area contributed by atoms with Crippen molar-refractivity contribution in [1.82, 2.24) is 15.1 Å². The Morgan fingerprint density at radius 1 is 1.55 bits per heavy atom. The van der Waals surface area contributed by atoms with E-state index < -0.39 is 0 Å². The first kappa shape index (κ1) is 15.5. The van der Waals surface area contributed by atoms with Gasteiger partial charge in [-0.1, -0.05) is 0 Å². The van der Waals surface area contributed by atoms with Crippen LogP contribution in [0.4, 0.5) is 0 Å². The van der Waals surface area contributed by atoms with Gasteiger partial charge < -0.3 is 10.2 Å². The van der Waals surface area contributed by atoms with Crippen LogP contribution in [0.15, 0.2) is 11.4 Å². The molecule has 0 aliphatic carbocycles. The fourth-order valence-corrected chi connectivity index (χ4v) is 4.10. The first-order valence-electron chi connectivity index (χ1n) is 7.85. The van der Waals surface area contributed by atoms with Crippen LogP contribution in [0.25, 0.3) is 0 Å². The molecule has 1 aromatic heterocycles. The Bertz CT molecular complexity index is 571. The molecule has 0 spiro atoms. The quantitative estimate of drug-likeness (QED) is 0.903. The summed E-state index contributed by atoms with van der Waals surface area (Å²) in [5.41, 5.74) is 1.43. The van der Waals surface area contributed by atoms with Gasteiger partial charge in [0.2, 0.25) is 11.8 Å². The minimum atomic E-state index is -0.186. The predicted molar refractivity (Wildman–Crippen MR) is 86.6 cm³/mol. The molecule has 2 atom stereocenters. The number of likely N-dealkylation sites (tertiary alicyclic amines) is 1. The van der Waals surface area contributed by atoms with Crippen molar-refractivity contribution < 1.29 is 9.59 Å². The van der Waals surface area contributed by atoms with Gasteiger partial charge in [0.25, 0.3) is 0 Å². The lowest BCUT2D eigenvalue weighted by Gasteiger charge is -2.32. The molecule has 0 aromatic carbocycles. The Hall–Kier alpha value is -1.40. The number of carbonyl (C=O) groups is 2. The van der Waals surface area contributed by atoms with E-state index in [1.54, 1.807) is 11.9 Å². The van der Waals surface area contributed by atoms with Gasteiger partial charge in [-0.2, -0.15) is 0 Å². The summed E-state index contributed by atoms with van der Waals surface area (Å²) in [5, 5.41) is 5.18. The largest absolute Gasteiger partial charge is 0.354 e. The summed E-state index contributed by atoms with van der Waals surface area (Å²) in [6, 6.07) is 2.52. The number of thiophene rings is 1. The SMILES string of the molecule is C[C@H](CNC(=O)[C@@H]1CC(=O)N(C)C1)N1CCc2sccc2C1. The summed E-state index contributed by atoms with van der Waals surface area (Å²) >= 11 is 1.84. The number of nitrogens with one attached hydrogen (secondary N) is 1. The van der Waals surface area contributed by atoms with Crippen LogP contribution in [0.3, 0.4) is 0 Å². The molecule has 0 saturated carbocycles. The summed E-state index contributed by atoms with van der Waals surface area (Å²) in [4.78, 5) is 29.2. The van der Waals surface area contributed by atoms with Gasteiger partial charge in [0, 0.05) is 50.6 Å². The number of nitrogens with zero attached hydrogens (tertiary/aromatic N) is 2. The summed E-state index contributed by atoms with van der Waals surface area (Å²) in [6.07, 6.45) is 1.45. The van der Waals surface area contributed by atoms with E-state index in [2.05, 4.69) is 28.6 Å². The summed E-state index contributed by atoms with van der Waals surface area (Å²) in [5.74, 6) is -0.110. The Balaban J connectivity index is 1.48. The van der Waals surface area contributed by atoms with E-state index in [0.29, 0.717) is 25.6 Å². The van der Waals surface area contributed by atoms with E-state index in [1.165, 1.54) is 10.4 Å². The predicted octanol–water partition coefficient (Wildman–Crippen LogP) is 1.09. The lowest BCUT2D eigenvalue weighted by Crippen LogP contribution is -2.45. The maximum atomic E-state index is 12.2. The van der Waals surface area contributed by atoms with Gasteiger partial charge in [0.15, 0.2) is 0 Å². The van der Waals surface area contributed by atoms with E-state index in [9.17, 15) is 9.59 Å². The molecule has 2 aliphatic heterocycles. The minimum Gasteiger partial charge on any atom is -0.354 e. The molecule has 2 aliphatic rings. The molecule has 120 valence electrons. The lowest BCUT2D eigenvalue weighted by molar-refractivity contribution is -0.128. The second kappa shape index (κ2) is 6.38. The van der Waals surface area contributed by atoms with Crippen molar-refractivity contribution in [2.75, 3.05) is 26.7 Å². The monoisotopic (exact) mass is 321 g/mol. The molecule has 6 heteroatoms. The number of fused-ring (bicyclic) bond motifs is 1. The molecule has 22 heavy (non-hydrogen) atoms. The van der Waals surface area contributed by atoms with Crippen LogP contribution in [0, 0.1) is 5.92 Å². The van der Waals surface area contributed by atoms with Gasteiger partial charge in [-0.25, -0.2) is 0 Å². The Kier molecular flexibility index (Phi) is 4.49. The number of carbonyl (C=O) groups excluding carboxylic acids is 2. The Morgan fingerprint density at radius 3 is 3.09 bits per heavy atom. The molecular weight excluding hydrogens is 298 g/mol. The average Bonchev–Trinajstić information content (AvgIpc) is 3.10. The van der Waals surface area contributed by atoms with Gasteiger partial charge in [-0.15, -0.1) is 11.3 Å². The topological polar surface area (TPSA) is 52.7 Å². The third-order valence-corrected chi connectivity index (χ3v) is 5.77. The zero-order valence-electron chi connectivity index (χ0n) is 13.2. The summed E-state index contributed by atoms with van der Waals surface area (Å²) in [7, 11) is 1.75. The van der Waals surface area contributed by atoms with Gasteiger partial charge in [0.1, 0.15) is 0 Å². The lowest BCUT2D eigenvalue weighted by atomic mass is 10.1. The van der Waals surface area contributed by atoms with Crippen LogP contribution in [0.2, 0.25) is 0 Å². The highest BCUT2D eigenvalue weighted by atomic mass is 32.1. The van der Waals surface area contributed by atoms with Crippen molar-refractivity contribution in [3.05, 3.63) is 21.9 Å². The zero-order valence-corrected chi connectivity index (χ0v) is 14.0. The fraction of sp³-hybridized carbons (Fsp3) is 0.625. The minimum absolute atomic E-state index is 0.0118. The molecule has 1 fully saturated rings. The summed E-state index contributed by atoms with van der Waals surface area (Å²) in [6.45, 7) is 5.37. The van der Waals surface area contributed by atoms with E-state index in [1.807, 2.05) is 11.3 Å². The average molecular weight is 321 g/mol. The zero-order chi connectivity index (χ0) is 15.7. The van der Waals surface area contributed by atoms with Gasteiger partial charge in [0.05, 0.1) is 5.92 Å². The first-order valence-corrected chi connectivity index (χ1v) is 8.73. The second-order valence-electron chi connectivity index (χ2n) is 6.36. The van der Waals surface area contributed by atoms with Crippen molar-refractivity contribution >= 4 is 23.2 Å². The van der Waals surface area contributed by atoms with Gasteiger partial charge >= 0.3 is 0 Å². The van der Waals surface area contributed by atoms with E-state index in [-0.39, 0.29) is 17.7 Å². The molecule has 0 radical (unpaired) electrons. The highest BCUT2D eigenvalue weighted by Crippen LogP contribution is 2.25. The third-order valence-electron chi connectivity index (χ3n) is 4.74. The molecule has 1 aromatic rings. The number of hydrogen-bond acceptors (Lipinski definition) is 4. The fourth-order valence-electron chi connectivity index (χ4n) is 3.21. The standard InChI is InChI=1S/C16H23N3O2S/c1-11(19-5-3-14-12(10-19)4-6-22-14)8-17-16(21)13-7-15(20)18(2)9-13/h4,6,11,13H,3,5,7-10H2,1-2H3,(H,17,21)/t11-,13-/m1/s1. The normalized spacial score (nSPS) is 23.5.